The number of rotatable bonds is 3. The van der Waals surface area contributed by atoms with Gasteiger partial charge in [0.2, 0.25) is 0 Å². The largest absolute Gasteiger partial charge is 0.465 e. The first-order chi connectivity index (χ1) is 4.57. The molecular formula is C5H11NO4. The molecule has 0 saturated heterocycles. The highest BCUT2D eigenvalue weighted by Gasteiger charge is 2.14. The average molecular weight is 149 g/mol. The van der Waals surface area contributed by atoms with Gasteiger partial charge in [0.15, 0.2) is 0 Å². The maximum atomic E-state index is 9.94. The molecule has 0 aliphatic heterocycles. The molecule has 0 aromatic rings. The molecule has 0 aromatic heterocycles. The Balaban J connectivity index is 3.71. The summed E-state index contributed by atoms with van der Waals surface area (Å²) < 4.78 is 0. The predicted molar refractivity (Wildman–Crippen MR) is 33.7 cm³/mol. The third-order valence-electron chi connectivity index (χ3n) is 1.09. The van der Waals surface area contributed by atoms with Crippen molar-refractivity contribution in [2.75, 3.05) is 6.61 Å². The molecule has 0 aromatic carbocycles. The van der Waals surface area contributed by atoms with Crippen LogP contribution in [-0.2, 0) is 0 Å². The van der Waals surface area contributed by atoms with E-state index < -0.39 is 24.8 Å². The molecule has 0 aliphatic carbocycles. The summed E-state index contributed by atoms with van der Waals surface area (Å²) in [6.07, 6.45) is -2.12. The van der Waals surface area contributed by atoms with Crippen molar-refractivity contribution in [1.29, 1.82) is 0 Å². The summed E-state index contributed by atoms with van der Waals surface area (Å²) in [5.41, 5.74) is 0. The first kappa shape index (κ1) is 9.19. The van der Waals surface area contributed by atoms with E-state index in [0.29, 0.717) is 0 Å². The highest BCUT2D eigenvalue weighted by atomic mass is 16.4. The van der Waals surface area contributed by atoms with Crippen molar-refractivity contribution >= 4 is 6.09 Å². The third-order valence-corrected chi connectivity index (χ3v) is 1.09. The number of hydrogen-bond donors (Lipinski definition) is 4. The van der Waals surface area contributed by atoms with Crippen LogP contribution in [0.15, 0.2) is 0 Å². The summed E-state index contributed by atoms with van der Waals surface area (Å²) in [5, 5.41) is 27.3. The number of nitrogens with one attached hydrogen (secondary N) is 1. The molecule has 5 heteroatoms. The second kappa shape index (κ2) is 4.08. The highest BCUT2D eigenvalue weighted by molar-refractivity contribution is 5.64. The number of hydrogen-bond acceptors (Lipinski definition) is 3. The first-order valence-corrected chi connectivity index (χ1v) is 2.86. The fourth-order valence-corrected chi connectivity index (χ4v) is 0.477. The summed E-state index contributed by atoms with van der Waals surface area (Å²) in [4.78, 5) is 9.94. The van der Waals surface area contributed by atoms with Gasteiger partial charge in [0, 0.05) is 0 Å². The van der Waals surface area contributed by atoms with Crippen molar-refractivity contribution in [3.8, 4) is 0 Å². The Bertz CT molecular complexity index is 114. The van der Waals surface area contributed by atoms with Gasteiger partial charge in [0.25, 0.3) is 0 Å². The summed E-state index contributed by atoms with van der Waals surface area (Å²) in [7, 11) is 0. The summed E-state index contributed by atoms with van der Waals surface area (Å²) in [5.74, 6) is 0. The van der Waals surface area contributed by atoms with Crippen molar-refractivity contribution < 1.29 is 20.1 Å². The molecule has 0 aliphatic rings. The van der Waals surface area contributed by atoms with E-state index in [2.05, 4.69) is 0 Å². The van der Waals surface area contributed by atoms with E-state index in [1.165, 1.54) is 6.92 Å². The molecule has 0 fully saturated rings. The van der Waals surface area contributed by atoms with Crippen LogP contribution in [0.25, 0.3) is 0 Å². The molecule has 60 valence electrons. The lowest BCUT2D eigenvalue weighted by Crippen LogP contribution is -2.43. The quantitative estimate of drug-likeness (QED) is 0.414. The van der Waals surface area contributed by atoms with Crippen LogP contribution in [0.4, 0.5) is 4.79 Å². The van der Waals surface area contributed by atoms with Crippen LogP contribution in [-0.4, -0.2) is 40.2 Å². The molecular weight excluding hydrogens is 138 g/mol. The number of carbonyl (C=O) groups is 1. The van der Waals surface area contributed by atoms with Gasteiger partial charge in [-0.2, -0.15) is 0 Å². The lowest BCUT2D eigenvalue weighted by atomic mass is 10.2. The predicted octanol–water partition coefficient (Wildman–Crippen LogP) is -1.00. The highest BCUT2D eigenvalue weighted by Crippen LogP contribution is 1.89. The van der Waals surface area contributed by atoms with Crippen molar-refractivity contribution in [1.82, 2.24) is 5.32 Å². The van der Waals surface area contributed by atoms with E-state index in [9.17, 15) is 4.79 Å². The lowest BCUT2D eigenvalue weighted by molar-refractivity contribution is 0.0988. The van der Waals surface area contributed by atoms with E-state index >= 15 is 0 Å². The molecule has 0 spiro atoms. The number of amides is 1. The lowest BCUT2D eigenvalue weighted by Gasteiger charge is -2.16. The Morgan fingerprint density at radius 1 is 1.70 bits per heavy atom. The topological polar surface area (TPSA) is 89.8 Å². The van der Waals surface area contributed by atoms with Crippen molar-refractivity contribution in [2.45, 2.75) is 19.1 Å². The van der Waals surface area contributed by atoms with Gasteiger partial charge in [0.1, 0.15) is 0 Å². The minimum Gasteiger partial charge on any atom is -0.465 e. The molecule has 0 heterocycles. The van der Waals surface area contributed by atoms with Gasteiger partial charge in [-0.1, -0.05) is 0 Å². The smallest absolute Gasteiger partial charge is 0.405 e. The van der Waals surface area contributed by atoms with Crippen LogP contribution in [0, 0.1) is 0 Å². The molecule has 0 rings (SSSR count). The van der Waals surface area contributed by atoms with Crippen LogP contribution >= 0.6 is 0 Å². The molecule has 0 radical (unpaired) electrons. The summed E-state index contributed by atoms with van der Waals surface area (Å²) >= 11 is 0. The van der Waals surface area contributed by atoms with E-state index in [4.69, 9.17) is 15.3 Å². The molecule has 0 saturated carbocycles. The summed E-state index contributed by atoms with van der Waals surface area (Å²) in [6.45, 7) is 1.00. The van der Waals surface area contributed by atoms with Gasteiger partial charge >= 0.3 is 6.09 Å². The number of carboxylic acid groups (broad SMARTS) is 1. The molecule has 0 unspecified atom stereocenters. The van der Waals surface area contributed by atoms with E-state index in [0.717, 1.165) is 0 Å². The Kier molecular flexibility index (Phi) is 3.75. The zero-order valence-corrected chi connectivity index (χ0v) is 5.61. The van der Waals surface area contributed by atoms with Crippen LogP contribution in [0.1, 0.15) is 6.92 Å². The standard InChI is InChI=1S/C5H11NO4/c1-3(8)4(2-7)6-5(9)10/h3-4,6-8H,2H2,1H3,(H,9,10)/t3-,4+/m0/s1. The van der Waals surface area contributed by atoms with Gasteiger partial charge < -0.3 is 20.6 Å². The van der Waals surface area contributed by atoms with Crippen molar-refractivity contribution in [3.63, 3.8) is 0 Å². The molecule has 4 N–H and O–H groups in total. The van der Waals surface area contributed by atoms with Crippen LogP contribution in [0.2, 0.25) is 0 Å². The average Bonchev–Trinajstić information content (AvgIpc) is 1.81. The Labute approximate surface area is 58.3 Å². The normalized spacial score (nSPS) is 15.9. The molecule has 1 amide bonds. The SMILES string of the molecule is C[C@H](O)[C@@H](CO)NC(=O)O. The second-order valence-electron chi connectivity index (χ2n) is 1.98. The van der Waals surface area contributed by atoms with E-state index in [-0.39, 0.29) is 0 Å². The minimum absolute atomic E-state index is 0.399. The maximum Gasteiger partial charge on any atom is 0.405 e. The third kappa shape index (κ3) is 3.26. The first-order valence-electron chi connectivity index (χ1n) is 2.86. The fraction of sp³-hybridized carbons (Fsp3) is 0.800. The van der Waals surface area contributed by atoms with E-state index in [1.807, 2.05) is 5.32 Å². The molecule has 0 bridgehead atoms. The van der Waals surface area contributed by atoms with Gasteiger partial charge in [-0.05, 0) is 6.92 Å². The minimum atomic E-state index is -1.25. The maximum absolute atomic E-state index is 9.94. The van der Waals surface area contributed by atoms with E-state index in [1.54, 1.807) is 0 Å². The number of aliphatic hydroxyl groups excluding tert-OH is 2. The van der Waals surface area contributed by atoms with Crippen LogP contribution in [0.3, 0.4) is 0 Å². The summed E-state index contributed by atoms with van der Waals surface area (Å²) in [6, 6.07) is -0.794. The fourth-order valence-electron chi connectivity index (χ4n) is 0.477. The molecule has 10 heavy (non-hydrogen) atoms. The van der Waals surface area contributed by atoms with Crippen molar-refractivity contribution in [3.05, 3.63) is 0 Å². The molecule has 5 nitrogen and oxygen atoms in total. The van der Waals surface area contributed by atoms with Gasteiger partial charge in [-0.15, -0.1) is 0 Å². The zero-order chi connectivity index (χ0) is 8.15. The van der Waals surface area contributed by atoms with Gasteiger partial charge in [0.05, 0.1) is 18.8 Å². The van der Waals surface area contributed by atoms with Crippen LogP contribution < -0.4 is 5.32 Å². The Hall–Kier alpha value is -0.810. The van der Waals surface area contributed by atoms with Gasteiger partial charge in [-0.3, -0.25) is 0 Å². The Morgan fingerprint density at radius 2 is 2.20 bits per heavy atom. The monoisotopic (exact) mass is 149 g/mol. The number of aliphatic hydroxyl groups is 2. The van der Waals surface area contributed by atoms with Gasteiger partial charge in [-0.25, -0.2) is 4.79 Å². The van der Waals surface area contributed by atoms with Crippen LogP contribution in [0.5, 0.6) is 0 Å². The van der Waals surface area contributed by atoms with Crippen molar-refractivity contribution in [2.24, 2.45) is 0 Å². The molecule has 2 atom stereocenters. The zero-order valence-electron chi connectivity index (χ0n) is 5.61. The Morgan fingerprint density at radius 3 is 2.30 bits per heavy atom. The second-order valence-corrected chi connectivity index (χ2v) is 1.98.